The molecule has 0 saturated carbocycles. The van der Waals surface area contributed by atoms with E-state index in [4.69, 9.17) is 9.47 Å². The Balaban J connectivity index is 2.15. The molecule has 1 aliphatic rings. The smallest absolute Gasteiger partial charge is 0.357 e. The van der Waals surface area contributed by atoms with Crippen LogP contribution < -0.4 is 4.74 Å². The molecule has 138 valence electrons. The molecule has 4 nitrogen and oxygen atoms in total. The van der Waals surface area contributed by atoms with Gasteiger partial charge in [0.1, 0.15) is 11.9 Å². The zero-order chi connectivity index (χ0) is 18.8. The number of carbonyl (C=O) groups is 1. The number of nitrogens with zero attached hydrogens (tertiary/aromatic N) is 1. The zero-order valence-electron chi connectivity index (χ0n) is 15.6. The molecule has 0 aliphatic carbocycles. The van der Waals surface area contributed by atoms with Crippen molar-refractivity contribution in [3.63, 3.8) is 0 Å². The van der Waals surface area contributed by atoms with Crippen LogP contribution in [-0.4, -0.2) is 23.7 Å². The molecule has 1 aromatic heterocycles. The lowest BCUT2D eigenvalue weighted by atomic mass is 9.91. The molecule has 2 aromatic rings. The van der Waals surface area contributed by atoms with Crippen LogP contribution in [0.3, 0.4) is 0 Å². The van der Waals surface area contributed by atoms with Crippen LogP contribution in [0.1, 0.15) is 48.8 Å². The van der Waals surface area contributed by atoms with Crippen molar-refractivity contribution < 1.29 is 18.7 Å². The molecule has 0 radical (unpaired) electrons. The van der Waals surface area contributed by atoms with Gasteiger partial charge in [-0.15, -0.1) is 0 Å². The summed E-state index contributed by atoms with van der Waals surface area (Å²) in [7, 11) is 0. The van der Waals surface area contributed by atoms with Crippen LogP contribution in [0.5, 0.6) is 5.88 Å². The second kappa shape index (κ2) is 7.44. The first-order valence-corrected chi connectivity index (χ1v) is 9.05. The van der Waals surface area contributed by atoms with Gasteiger partial charge >= 0.3 is 5.97 Å². The molecule has 0 fully saturated rings. The topological polar surface area (TPSA) is 48.4 Å². The lowest BCUT2D eigenvalue weighted by molar-refractivity contribution is 0.0515. The van der Waals surface area contributed by atoms with Gasteiger partial charge in [-0.1, -0.05) is 26.0 Å². The van der Waals surface area contributed by atoms with Crippen LogP contribution in [0.2, 0.25) is 0 Å². The van der Waals surface area contributed by atoms with Gasteiger partial charge in [0.25, 0.3) is 0 Å². The third-order valence-electron chi connectivity index (χ3n) is 4.67. The fourth-order valence-corrected chi connectivity index (χ4v) is 3.23. The van der Waals surface area contributed by atoms with E-state index in [-0.39, 0.29) is 24.2 Å². The van der Waals surface area contributed by atoms with Crippen LogP contribution in [-0.2, 0) is 11.2 Å². The van der Waals surface area contributed by atoms with E-state index in [1.807, 2.05) is 13.0 Å². The molecular formula is C21H24FNO3. The van der Waals surface area contributed by atoms with E-state index in [1.165, 1.54) is 6.07 Å². The Bertz CT molecular complexity index is 832. The minimum atomic E-state index is -0.528. The average Bonchev–Trinajstić information content (AvgIpc) is 2.60. The quantitative estimate of drug-likeness (QED) is 0.743. The maximum atomic E-state index is 14.6. The number of rotatable bonds is 4. The summed E-state index contributed by atoms with van der Waals surface area (Å²) >= 11 is 0. The maximum Gasteiger partial charge on any atom is 0.357 e. The summed E-state index contributed by atoms with van der Waals surface area (Å²) in [5.41, 5.74) is 2.93. The van der Waals surface area contributed by atoms with Gasteiger partial charge in [0.2, 0.25) is 5.88 Å². The normalized spacial score (nSPS) is 16.2. The Morgan fingerprint density at radius 2 is 2.12 bits per heavy atom. The average molecular weight is 357 g/mol. The van der Waals surface area contributed by atoms with E-state index >= 15 is 0 Å². The van der Waals surface area contributed by atoms with Gasteiger partial charge < -0.3 is 9.47 Å². The van der Waals surface area contributed by atoms with Gasteiger partial charge in [-0.3, -0.25) is 0 Å². The molecule has 0 bridgehead atoms. The summed E-state index contributed by atoms with van der Waals surface area (Å²) in [5, 5.41) is 0. The summed E-state index contributed by atoms with van der Waals surface area (Å²) < 4.78 is 25.7. The van der Waals surface area contributed by atoms with Crippen molar-refractivity contribution in [2.24, 2.45) is 5.92 Å². The van der Waals surface area contributed by atoms with Crippen LogP contribution in [0.25, 0.3) is 11.1 Å². The number of hydrogen-bond donors (Lipinski definition) is 0. The number of aryl methyl sites for hydroxylation is 1. The highest BCUT2D eigenvalue weighted by Crippen LogP contribution is 2.37. The number of aromatic nitrogens is 1. The van der Waals surface area contributed by atoms with Crippen molar-refractivity contribution in [2.45, 2.75) is 46.6 Å². The van der Waals surface area contributed by atoms with Crippen LogP contribution in [0, 0.1) is 18.7 Å². The standard InChI is InChI=1S/C21H24FNO3/c1-5-25-21(24)18-11-16(14-7-6-13(4)10-17(14)22)15-8-9-19(12(2)3)26-20(15)23-18/h6-7,10-12,19H,5,8-9H2,1-4H3/t19-/m1/s1. The Morgan fingerprint density at radius 3 is 2.77 bits per heavy atom. The summed E-state index contributed by atoms with van der Waals surface area (Å²) in [6.45, 7) is 8.01. The van der Waals surface area contributed by atoms with Crippen LogP contribution >= 0.6 is 0 Å². The first kappa shape index (κ1) is 18.4. The highest BCUT2D eigenvalue weighted by Gasteiger charge is 2.28. The number of ether oxygens (including phenoxy) is 2. The van der Waals surface area contributed by atoms with E-state index in [0.717, 1.165) is 24.0 Å². The molecule has 0 N–H and O–H groups in total. The van der Waals surface area contributed by atoms with Gasteiger partial charge in [0.05, 0.1) is 6.61 Å². The Hall–Kier alpha value is -2.43. The second-order valence-electron chi connectivity index (χ2n) is 6.98. The SMILES string of the molecule is CCOC(=O)c1cc(-c2ccc(C)cc2F)c2c(n1)O[C@@H](C(C)C)CC2. The third-order valence-corrected chi connectivity index (χ3v) is 4.67. The maximum absolute atomic E-state index is 14.6. The lowest BCUT2D eigenvalue weighted by Crippen LogP contribution is -2.29. The zero-order valence-corrected chi connectivity index (χ0v) is 15.6. The monoisotopic (exact) mass is 357 g/mol. The Labute approximate surface area is 153 Å². The van der Waals surface area contributed by atoms with E-state index in [9.17, 15) is 9.18 Å². The minimum absolute atomic E-state index is 0.0307. The fraction of sp³-hybridized carbons (Fsp3) is 0.429. The minimum Gasteiger partial charge on any atom is -0.474 e. The van der Waals surface area contributed by atoms with Gasteiger partial charge in [0, 0.05) is 11.1 Å². The summed E-state index contributed by atoms with van der Waals surface area (Å²) in [5.74, 6) is -0.107. The highest BCUT2D eigenvalue weighted by atomic mass is 19.1. The van der Waals surface area contributed by atoms with Gasteiger partial charge in [-0.05, 0) is 55.9 Å². The summed E-state index contributed by atoms with van der Waals surface area (Å²) in [6, 6.07) is 6.70. The summed E-state index contributed by atoms with van der Waals surface area (Å²) in [6.07, 6.45) is 1.60. The molecule has 0 amide bonds. The number of esters is 1. The number of benzene rings is 1. The molecule has 26 heavy (non-hydrogen) atoms. The van der Waals surface area contributed by atoms with E-state index < -0.39 is 5.97 Å². The highest BCUT2D eigenvalue weighted by molar-refractivity contribution is 5.90. The van der Waals surface area contributed by atoms with Crippen molar-refractivity contribution in [2.75, 3.05) is 6.61 Å². The number of carbonyl (C=O) groups excluding carboxylic acids is 1. The van der Waals surface area contributed by atoms with Crippen molar-refractivity contribution >= 4 is 5.97 Å². The molecule has 0 saturated heterocycles. The molecule has 3 rings (SSSR count). The molecule has 1 aliphatic heterocycles. The second-order valence-corrected chi connectivity index (χ2v) is 6.98. The Morgan fingerprint density at radius 1 is 1.35 bits per heavy atom. The molecule has 5 heteroatoms. The molecule has 0 unspecified atom stereocenters. The van der Waals surface area contributed by atoms with E-state index in [0.29, 0.717) is 22.9 Å². The van der Waals surface area contributed by atoms with Gasteiger partial charge in [-0.2, -0.15) is 0 Å². The van der Waals surface area contributed by atoms with Gasteiger partial charge in [0.15, 0.2) is 5.69 Å². The number of pyridine rings is 1. The van der Waals surface area contributed by atoms with Crippen molar-refractivity contribution in [3.8, 4) is 17.0 Å². The first-order chi connectivity index (χ1) is 12.4. The van der Waals surface area contributed by atoms with E-state index in [1.54, 1.807) is 19.1 Å². The molecule has 2 heterocycles. The number of hydrogen-bond acceptors (Lipinski definition) is 4. The molecule has 0 spiro atoms. The largest absolute Gasteiger partial charge is 0.474 e. The van der Waals surface area contributed by atoms with Gasteiger partial charge in [-0.25, -0.2) is 14.2 Å². The third kappa shape index (κ3) is 3.57. The van der Waals surface area contributed by atoms with Crippen molar-refractivity contribution in [1.29, 1.82) is 0 Å². The predicted molar refractivity (Wildman–Crippen MR) is 97.9 cm³/mol. The molecule has 1 aromatic carbocycles. The van der Waals surface area contributed by atoms with Crippen LogP contribution in [0.15, 0.2) is 24.3 Å². The Kier molecular flexibility index (Phi) is 5.25. The van der Waals surface area contributed by atoms with E-state index in [2.05, 4.69) is 18.8 Å². The van der Waals surface area contributed by atoms with Crippen LogP contribution in [0.4, 0.5) is 4.39 Å². The fourth-order valence-electron chi connectivity index (χ4n) is 3.23. The molecular weight excluding hydrogens is 333 g/mol. The number of fused-ring (bicyclic) bond motifs is 1. The molecule has 1 atom stereocenters. The number of halogens is 1. The van der Waals surface area contributed by atoms with Crippen molar-refractivity contribution in [3.05, 3.63) is 46.9 Å². The summed E-state index contributed by atoms with van der Waals surface area (Å²) in [4.78, 5) is 16.6. The lowest BCUT2D eigenvalue weighted by Gasteiger charge is -2.29. The first-order valence-electron chi connectivity index (χ1n) is 9.05. The van der Waals surface area contributed by atoms with Crippen molar-refractivity contribution in [1.82, 2.24) is 4.98 Å². The predicted octanol–water partition coefficient (Wildman–Crippen LogP) is 4.72.